The number of likely N-dealkylation sites (tertiary alicyclic amines) is 1. The molecule has 4 aliphatic rings. The van der Waals surface area contributed by atoms with Gasteiger partial charge in [-0.2, -0.15) is 0 Å². The molecule has 2 aromatic rings. The number of amides is 1. The molecule has 1 aromatic heterocycles. The number of hydrogen-bond donors (Lipinski definition) is 1. The van der Waals surface area contributed by atoms with Crippen LogP contribution in [0.4, 0.5) is 10.2 Å². The van der Waals surface area contributed by atoms with E-state index in [4.69, 9.17) is 21.1 Å². The molecule has 0 radical (unpaired) electrons. The lowest BCUT2D eigenvalue weighted by molar-refractivity contribution is -0.118. The summed E-state index contributed by atoms with van der Waals surface area (Å²) in [7, 11) is 0. The first-order chi connectivity index (χ1) is 16.9. The lowest BCUT2D eigenvalue weighted by atomic mass is 9.85. The number of rotatable bonds is 4. The van der Waals surface area contributed by atoms with Crippen LogP contribution in [-0.4, -0.2) is 67.0 Å². The topological polar surface area (TPSA) is 63.7 Å². The van der Waals surface area contributed by atoms with Gasteiger partial charge in [0.05, 0.1) is 18.8 Å². The molecule has 3 atom stereocenters. The molecular formula is C27H33ClFN3O3. The van der Waals surface area contributed by atoms with E-state index in [1.807, 2.05) is 19.1 Å². The molecule has 1 saturated carbocycles. The maximum Gasteiger partial charge on any atom is 0.229 e. The molecule has 4 fully saturated rings. The van der Waals surface area contributed by atoms with Crippen LogP contribution < -0.4 is 5.32 Å². The minimum absolute atomic E-state index is 0.0610. The maximum absolute atomic E-state index is 14.5. The maximum atomic E-state index is 14.5. The first-order valence-corrected chi connectivity index (χ1v) is 13.2. The SMILES string of the molecule is C[C@]1(N2CCC(c3cc4cc(NC(=O)[C@H]5CC56CCOCC6)ncc4cc3Cl)CC2)COC[C@H]1F. The predicted molar refractivity (Wildman–Crippen MR) is 134 cm³/mol. The third kappa shape index (κ3) is 4.24. The minimum Gasteiger partial charge on any atom is -0.381 e. The van der Waals surface area contributed by atoms with E-state index in [1.165, 1.54) is 0 Å². The molecule has 1 aliphatic carbocycles. The van der Waals surface area contributed by atoms with Crippen LogP contribution in [0.3, 0.4) is 0 Å². The molecule has 8 heteroatoms. The molecule has 188 valence electrons. The van der Waals surface area contributed by atoms with Crippen LogP contribution in [0.2, 0.25) is 5.02 Å². The van der Waals surface area contributed by atoms with E-state index >= 15 is 0 Å². The molecule has 4 heterocycles. The molecule has 6 rings (SSSR count). The number of aromatic nitrogens is 1. The number of ether oxygens (including phenoxy) is 2. The number of carbonyl (C=O) groups excluding carboxylic acids is 1. The van der Waals surface area contributed by atoms with Gasteiger partial charge in [-0.15, -0.1) is 0 Å². The second-order valence-corrected chi connectivity index (χ2v) is 11.5. The minimum atomic E-state index is -0.943. The molecule has 35 heavy (non-hydrogen) atoms. The van der Waals surface area contributed by atoms with Gasteiger partial charge in [0.1, 0.15) is 12.0 Å². The van der Waals surface area contributed by atoms with Gasteiger partial charge >= 0.3 is 0 Å². The summed E-state index contributed by atoms with van der Waals surface area (Å²) in [5.74, 6) is 1.03. The predicted octanol–water partition coefficient (Wildman–Crippen LogP) is 4.95. The first-order valence-electron chi connectivity index (χ1n) is 12.8. The fraction of sp³-hybridized carbons (Fsp3) is 0.630. The van der Waals surface area contributed by atoms with Crippen molar-refractivity contribution in [2.45, 2.75) is 56.7 Å². The number of pyridine rings is 1. The second-order valence-electron chi connectivity index (χ2n) is 11.1. The van der Waals surface area contributed by atoms with Crippen LogP contribution in [0.25, 0.3) is 10.8 Å². The Morgan fingerprint density at radius 3 is 2.66 bits per heavy atom. The number of hydrogen-bond acceptors (Lipinski definition) is 5. The van der Waals surface area contributed by atoms with E-state index in [-0.39, 0.29) is 23.8 Å². The van der Waals surface area contributed by atoms with E-state index in [9.17, 15) is 9.18 Å². The van der Waals surface area contributed by atoms with Crippen LogP contribution in [0.5, 0.6) is 0 Å². The lowest BCUT2D eigenvalue weighted by Gasteiger charge is -2.43. The highest BCUT2D eigenvalue weighted by molar-refractivity contribution is 6.32. The van der Waals surface area contributed by atoms with E-state index < -0.39 is 11.7 Å². The van der Waals surface area contributed by atoms with Crippen LogP contribution in [0.1, 0.15) is 50.5 Å². The van der Waals surface area contributed by atoms with Crippen molar-refractivity contribution in [3.8, 4) is 0 Å². The monoisotopic (exact) mass is 501 g/mol. The normalized spacial score (nSPS) is 31.2. The van der Waals surface area contributed by atoms with Crippen LogP contribution in [0.15, 0.2) is 24.4 Å². The molecule has 1 spiro atoms. The molecule has 0 bridgehead atoms. The fourth-order valence-corrected chi connectivity index (χ4v) is 6.78. The number of nitrogens with zero attached hydrogens (tertiary/aromatic N) is 2. The van der Waals surface area contributed by atoms with Crippen LogP contribution in [0, 0.1) is 11.3 Å². The summed E-state index contributed by atoms with van der Waals surface area (Å²) >= 11 is 6.71. The Morgan fingerprint density at radius 2 is 1.94 bits per heavy atom. The average molecular weight is 502 g/mol. The van der Waals surface area contributed by atoms with Gasteiger partial charge in [0, 0.05) is 35.7 Å². The zero-order valence-electron chi connectivity index (χ0n) is 20.2. The van der Waals surface area contributed by atoms with Crippen molar-refractivity contribution < 1.29 is 18.7 Å². The van der Waals surface area contributed by atoms with Crippen molar-refractivity contribution in [3.05, 3.63) is 35.0 Å². The molecule has 3 aliphatic heterocycles. The Bertz CT molecular complexity index is 1130. The highest BCUT2D eigenvalue weighted by Crippen LogP contribution is 2.59. The van der Waals surface area contributed by atoms with Gasteiger partial charge in [-0.25, -0.2) is 9.37 Å². The number of benzene rings is 1. The highest BCUT2D eigenvalue weighted by Gasteiger charge is 2.58. The fourth-order valence-electron chi connectivity index (χ4n) is 6.46. The zero-order valence-corrected chi connectivity index (χ0v) is 21.0. The van der Waals surface area contributed by atoms with Gasteiger partial charge in [-0.3, -0.25) is 9.69 Å². The number of piperidine rings is 1. The van der Waals surface area contributed by atoms with Gasteiger partial charge in [-0.1, -0.05) is 11.6 Å². The van der Waals surface area contributed by atoms with Crippen molar-refractivity contribution in [2.24, 2.45) is 11.3 Å². The summed E-state index contributed by atoms with van der Waals surface area (Å²) in [6, 6.07) is 6.06. The van der Waals surface area contributed by atoms with Gasteiger partial charge in [-0.05, 0) is 92.6 Å². The third-order valence-electron chi connectivity index (χ3n) is 9.07. The smallest absolute Gasteiger partial charge is 0.229 e. The van der Waals surface area contributed by atoms with E-state index in [2.05, 4.69) is 21.3 Å². The number of nitrogens with one attached hydrogen (secondary N) is 1. The van der Waals surface area contributed by atoms with Gasteiger partial charge in [0.25, 0.3) is 0 Å². The number of halogens is 2. The first kappa shape index (κ1) is 23.6. The number of fused-ring (bicyclic) bond motifs is 1. The zero-order chi connectivity index (χ0) is 24.2. The third-order valence-corrected chi connectivity index (χ3v) is 9.40. The molecule has 1 aromatic carbocycles. The van der Waals surface area contributed by atoms with E-state index in [0.717, 1.165) is 79.8 Å². The Labute approximate surface area is 210 Å². The van der Waals surface area contributed by atoms with Crippen LogP contribution >= 0.6 is 11.6 Å². The number of carbonyl (C=O) groups is 1. The van der Waals surface area contributed by atoms with E-state index in [0.29, 0.717) is 18.3 Å². The Kier molecular flexibility index (Phi) is 6.03. The van der Waals surface area contributed by atoms with Crippen molar-refractivity contribution in [3.63, 3.8) is 0 Å². The van der Waals surface area contributed by atoms with Crippen molar-refractivity contribution in [2.75, 3.05) is 44.8 Å². The second kappa shape index (κ2) is 8.94. The average Bonchev–Trinajstić information content (AvgIpc) is 3.44. The summed E-state index contributed by atoms with van der Waals surface area (Å²) in [6.45, 7) is 5.77. The summed E-state index contributed by atoms with van der Waals surface area (Å²) in [6.07, 6.45) is 5.57. The Balaban J connectivity index is 1.15. The molecule has 6 nitrogen and oxygen atoms in total. The number of alkyl halides is 1. The summed E-state index contributed by atoms with van der Waals surface area (Å²) in [5, 5.41) is 5.77. The molecule has 1 amide bonds. The van der Waals surface area contributed by atoms with Gasteiger partial charge in [0.2, 0.25) is 5.91 Å². The quantitative estimate of drug-likeness (QED) is 0.642. The van der Waals surface area contributed by atoms with Gasteiger partial charge in [0.15, 0.2) is 0 Å². The lowest BCUT2D eigenvalue weighted by Crippen LogP contribution is -2.55. The molecule has 1 N–H and O–H groups in total. The van der Waals surface area contributed by atoms with Crippen molar-refractivity contribution in [1.82, 2.24) is 9.88 Å². The largest absolute Gasteiger partial charge is 0.381 e. The molecular weight excluding hydrogens is 469 g/mol. The molecule has 3 saturated heterocycles. The highest BCUT2D eigenvalue weighted by atomic mass is 35.5. The summed E-state index contributed by atoms with van der Waals surface area (Å²) in [5.41, 5.74) is 0.732. The Morgan fingerprint density at radius 1 is 1.17 bits per heavy atom. The molecule has 0 unspecified atom stereocenters. The standard InChI is InChI=1S/C27H33ClFN3O3/c1-26(16-35-15-23(26)29)32-6-2-17(3-7-32)20-10-18-12-24(30-14-19(18)11-22(20)28)31-25(33)21-13-27(21)4-8-34-9-5-27/h10-12,14,17,21,23H,2-9,13,15-16H2,1H3,(H,30,31,33)/t21-,23-,26+/m1/s1. The summed E-state index contributed by atoms with van der Waals surface area (Å²) in [4.78, 5) is 19.6. The summed E-state index contributed by atoms with van der Waals surface area (Å²) < 4.78 is 25.4. The van der Waals surface area contributed by atoms with Crippen molar-refractivity contribution in [1.29, 1.82) is 0 Å². The number of anilines is 1. The Hall–Kier alpha value is -1.80. The van der Waals surface area contributed by atoms with Gasteiger partial charge < -0.3 is 14.8 Å². The van der Waals surface area contributed by atoms with E-state index in [1.54, 1.807) is 6.20 Å². The van der Waals surface area contributed by atoms with Crippen LogP contribution in [-0.2, 0) is 14.3 Å². The van der Waals surface area contributed by atoms with Crippen molar-refractivity contribution >= 4 is 34.1 Å².